The van der Waals surface area contributed by atoms with Gasteiger partial charge in [0.25, 0.3) is 0 Å². The maximum atomic E-state index is 6.22. The Labute approximate surface area is 108 Å². The fourth-order valence-corrected chi connectivity index (χ4v) is 1.97. The van der Waals surface area contributed by atoms with E-state index in [0.29, 0.717) is 6.04 Å². The van der Waals surface area contributed by atoms with E-state index >= 15 is 0 Å². The third-order valence-electron chi connectivity index (χ3n) is 3.10. The average Bonchev–Trinajstić information content (AvgIpc) is 2.78. The van der Waals surface area contributed by atoms with Crippen LogP contribution in [-0.4, -0.2) is 14.8 Å². The molecular weight excluding hydrogens is 224 g/mol. The molecule has 0 spiro atoms. The summed E-state index contributed by atoms with van der Waals surface area (Å²) in [5.41, 5.74) is 9.53. The van der Waals surface area contributed by atoms with Crippen LogP contribution in [0.25, 0.3) is 0 Å². The number of pyridine rings is 1. The maximum absolute atomic E-state index is 6.22. The van der Waals surface area contributed by atoms with Crippen LogP contribution in [0, 0.1) is 6.92 Å². The number of aryl methyl sites for hydroxylation is 1. The van der Waals surface area contributed by atoms with Crippen molar-refractivity contribution >= 4 is 0 Å². The van der Waals surface area contributed by atoms with Crippen LogP contribution >= 0.6 is 0 Å². The summed E-state index contributed by atoms with van der Waals surface area (Å²) in [5.74, 6) is 0. The van der Waals surface area contributed by atoms with Gasteiger partial charge in [0.1, 0.15) is 0 Å². The molecule has 2 N–H and O–H groups in total. The highest BCUT2D eigenvalue weighted by molar-refractivity contribution is 5.25. The molecule has 0 saturated carbocycles. The topological polar surface area (TPSA) is 56.7 Å². The molecule has 2 aromatic rings. The Morgan fingerprint density at radius 3 is 2.72 bits per heavy atom. The number of nitrogens with zero attached hydrogens (tertiary/aromatic N) is 3. The van der Waals surface area contributed by atoms with Crippen molar-refractivity contribution < 1.29 is 0 Å². The van der Waals surface area contributed by atoms with E-state index in [9.17, 15) is 0 Å². The van der Waals surface area contributed by atoms with Gasteiger partial charge in [-0.05, 0) is 44.0 Å². The zero-order valence-corrected chi connectivity index (χ0v) is 11.2. The van der Waals surface area contributed by atoms with Gasteiger partial charge in [-0.2, -0.15) is 5.10 Å². The predicted octanol–water partition coefficient (Wildman–Crippen LogP) is 2.41. The lowest BCUT2D eigenvalue weighted by atomic mass is 10.0. The molecule has 0 aliphatic rings. The molecule has 0 aromatic carbocycles. The van der Waals surface area contributed by atoms with E-state index in [1.165, 1.54) is 5.56 Å². The third kappa shape index (κ3) is 2.76. The molecule has 0 amide bonds. The van der Waals surface area contributed by atoms with Gasteiger partial charge in [-0.3, -0.25) is 9.67 Å². The highest BCUT2D eigenvalue weighted by Gasteiger charge is 2.12. The van der Waals surface area contributed by atoms with Gasteiger partial charge in [0.05, 0.1) is 5.69 Å². The first-order valence-electron chi connectivity index (χ1n) is 6.28. The Bertz CT molecular complexity index is 516. The Kier molecular flexibility index (Phi) is 3.77. The molecule has 4 heteroatoms. The molecule has 2 heterocycles. The summed E-state index contributed by atoms with van der Waals surface area (Å²) in [7, 11) is 0. The maximum Gasteiger partial charge on any atom is 0.0643 e. The van der Waals surface area contributed by atoms with Crippen molar-refractivity contribution in [2.45, 2.75) is 39.3 Å². The number of hydrogen-bond acceptors (Lipinski definition) is 3. The molecule has 96 valence electrons. The fraction of sp³-hybridized carbons (Fsp3) is 0.429. The first-order valence-corrected chi connectivity index (χ1v) is 6.28. The van der Waals surface area contributed by atoms with Crippen LogP contribution in [0.4, 0.5) is 0 Å². The van der Waals surface area contributed by atoms with Crippen LogP contribution in [0.3, 0.4) is 0 Å². The molecule has 4 nitrogen and oxygen atoms in total. The zero-order valence-electron chi connectivity index (χ0n) is 11.2. The van der Waals surface area contributed by atoms with Gasteiger partial charge in [0, 0.05) is 37.1 Å². The molecule has 0 bridgehead atoms. The Hall–Kier alpha value is -1.68. The molecule has 0 fully saturated rings. The lowest BCUT2D eigenvalue weighted by Crippen LogP contribution is -2.15. The minimum atomic E-state index is -0.0470. The summed E-state index contributed by atoms with van der Waals surface area (Å²) in [6.07, 6.45) is 6.38. The highest BCUT2D eigenvalue weighted by atomic mass is 15.3. The molecule has 1 unspecified atom stereocenters. The van der Waals surface area contributed by atoms with E-state index in [2.05, 4.69) is 30.9 Å². The summed E-state index contributed by atoms with van der Waals surface area (Å²) in [6, 6.07) is 4.36. The third-order valence-corrected chi connectivity index (χ3v) is 3.10. The second-order valence-corrected chi connectivity index (χ2v) is 4.92. The fourth-order valence-electron chi connectivity index (χ4n) is 1.97. The van der Waals surface area contributed by atoms with Crippen LogP contribution in [0.15, 0.2) is 30.7 Å². The Balaban J connectivity index is 2.11. The second-order valence-electron chi connectivity index (χ2n) is 4.92. The van der Waals surface area contributed by atoms with Crippen LogP contribution in [0.2, 0.25) is 0 Å². The van der Waals surface area contributed by atoms with Crippen LogP contribution < -0.4 is 5.73 Å². The Morgan fingerprint density at radius 2 is 2.11 bits per heavy atom. The lowest BCUT2D eigenvalue weighted by Gasteiger charge is -2.12. The predicted molar refractivity (Wildman–Crippen MR) is 72.2 cm³/mol. The number of hydrogen-bond donors (Lipinski definition) is 1. The molecule has 2 rings (SSSR count). The smallest absolute Gasteiger partial charge is 0.0643 e. The number of nitrogens with two attached hydrogens (primary N) is 1. The molecule has 0 aliphatic heterocycles. The van der Waals surface area contributed by atoms with E-state index in [0.717, 1.165) is 17.7 Å². The first-order chi connectivity index (χ1) is 8.58. The van der Waals surface area contributed by atoms with Crippen LogP contribution in [0.1, 0.15) is 42.8 Å². The van der Waals surface area contributed by atoms with E-state index < -0.39 is 0 Å². The Morgan fingerprint density at radius 1 is 1.33 bits per heavy atom. The van der Waals surface area contributed by atoms with Gasteiger partial charge < -0.3 is 5.73 Å². The summed E-state index contributed by atoms with van der Waals surface area (Å²) in [6.45, 7) is 6.29. The molecule has 2 aromatic heterocycles. The summed E-state index contributed by atoms with van der Waals surface area (Å²) in [4.78, 5) is 4.14. The minimum absolute atomic E-state index is 0.0470. The largest absolute Gasteiger partial charge is 0.324 e. The normalized spacial score (nSPS) is 12.9. The van der Waals surface area contributed by atoms with Gasteiger partial charge in [-0.15, -0.1) is 0 Å². The molecule has 0 aliphatic carbocycles. The van der Waals surface area contributed by atoms with Crippen molar-refractivity contribution in [3.05, 3.63) is 47.5 Å². The molecular formula is C14H20N4. The van der Waals surface area contributed by atoms with Crippen molar-refractivity contribution in [3.8, 4) is 0 Å². The summed E-state index contributed by atoms with van der Waals surface area (Å²) < 4.78 is 1.96. The van der Waals surface area contributed by atoms with Crippen molar-refractivity contribution in [2.75, 3.05) is 0 Å². The summed E-state index contributed by atoms with van der Waals surface area (Å²) >= 11 is 0. The monoisotopic (exact) mass is 244 g/mol. The van der Waals surface area contributed by atoms with Crippen LogP contribution in [-0.2, 0) is 6.42 Å². The van der Waals surface area contributed by atoms with E-state index in [1.807, 2.05) is 29.2 Å². The molecule has 0 saturated heterocycles. The van der Waals surface area contributed by atoms with Gasteiger partial charge >= 0.3 is 0 Å². The molecule has 1 atom stereocenters. The quantitative estimate of drug-likeness (QED) is 0.898. The highest BCUT2D eigenvalue weighted by Crippen LogP contribution is 2.18. The van der Waals surface area contributed by atoms with Crippen molar-refractivity contribution in [1.29, 1.82) is 0 Å². The van der Waals surface area contributed by atoms with Gasteiger partial charge in [0.2, 0.25) is 0 Å². The van der Waals surface area contributed by atoms with Crippen molar-refractivity contribution in [3.63, 3.8) is 0 Å². The van der Waals surface area contributed by atoms with E-state index in [1.54, 1.807) is 6.20 Å². The first kappa shape index (κ1) is 12.8. The molecule has 0 radical (unpaired) electrons. The van der Waals surface area contributed by atoms with Gasteiger partial charge in [0.15, 0.2) is 0 Å². The SMILES string of the molecule is Cc1ccncc1C(N)Cc1ccn(C(C)C)n1. The standard InChI is InChI=1S/C14H20N4/c1-10(2)18-7-5-12(17-18)8-14(15)13-9-16-6-4-11(13)3/h4-7,9-10,14H,8,15H2,1-3H3. The summed E-state index contributed by atoms with van der Waals surface area (Å²) in [5, 5.41) is 4.52. The lowest BCUT2D eigenvalue weighted by molar-refractivity contribution is 0.522. The minimum Gasteiger partial charge on any atom is -0.324 e. The van der Waals surface area contributed by atoms with E-state index in [4.69, 9.17) is 5.73 Å². The van der Waals surface area contributed by atoms with Gasteiger partial charge in [-0.1, -0.05) is 0 Å². The second kappa shape index (κ2) is 5.31. The average molecular weight is 244 g/mol. The molecule has 18 heavy (non-hydrogen) atoms. The van der Waals surface area contributed by atoms with Gasteiger partial charge in [-0.25, -0.2) is 0 Å². The number of aromatic nitrogens is 3. The van der Waals surface area contributed by atoms with Crippen molar-refractivity contribution in [2.24, 2.45) is 5.73 Å². The van der Waals surface area contributed by atoms with E-state index in [-0.39, 0.29) is 6.04 Å². The van der Waals surface area contributed by atoms with Crippen molar-refractivity contribution in [1.82, 2.24) is 14.8 Å². The number of rotatable bonds is 4. The van der Waals surface area contributed by atoms with Crippen LogP contribution in [0.5, 0.6) is 0 Å². The zero-order chi connectivity index (χ0) is 13.1.